The number of hydrogen-bond donors (Lipinski definition) is 5. The number of rotatable bonds is 16. The molecule has 0 heterocycles. The van der Waals surface area contributed by atoms with Crippen LogP contribution in [0.1, 0.15) is 56.2 Å². The van der Waals surface area contributed by atoms with E-state index in [1.807, 2.05) is 31.2 Å². The van der Waals surface area contributed by atoms with Crippen LogP contribution in [0, 0.1) is 11.6 Å². The van der Waals surface area contributed by atoms with Crippen molar-refractivity contribution in [3.8, 4) is 0 Å². The Balaban J connectivity index is 2.21. The average molecular weight is 569 g/mol. The van der Waals surface area contributed by atoms with E-state index in [0.717, 1.165) is 29.7 Å². The third-order valence-corrected chi connectivity index (χ3v) is 6.50. The summed E-state index contributed by atoms with van der Waals surface area (Å²) in [4.78, 5) is 25.1. The van der Waals surface area contributed by atoms with Crippen LogP contribution in [0.4, 0.5) is 22.4 Å². The van der Waals surface area contributed by atoms with E-state index in [2.05, 4.69) is 21.3 Å². The number of carbonyl (C=O) groups is 2. The maximum absolute atomic E-state index is 14.6. The Morgan fingerprint density at radius 2 is 1.65 bits per heavy atom. The summed E-state index contributed by atoms with van der Waals surface area (Å²) >= 11 is 0. The molecule has 0 aromatic heterocycles. The van der Waals surface area contributed by atoms with Gasteiger partial charge in [0.25, 0.3) is 5.92 Å². The molecule has 0 fully saturated rings. The number of carbonyl (C=O) groups excluding carboxylic acids is 2. The molecule has 0 aliphatic rings. The average Bonchev–Trinajstić information content (AvgIpc) is 2.90. The van der Waals surface area contributed by atoms with Gasteiger partial charge >= 0.3 is 6.03 Å². The van der Waals surface area contributed by atoms with Gasteiger partial charge in [-0.1, -0.05) is 44.5 Å². The SMILES string of the molecule is CCCCC(F)(F)C[C@@H](NC(=O)NC)C(=O)N[C@@H](Cc1cc(F)cc(F)c1)[C@H](O)CNCc1cccc(CC)c1. The number of unbranched alkanes of at least 4 members (excludes halogenated alkanes) is 1. The number of benzene rings is 2. The van der Waals surface area contributed by atoms with Crippen molar-refractivity contribution in [3.05, 3.63) is 70.8 Å². The number of aliphatic hydroxyl groups is 1. The number of urea groups is 1. The van der Waals surface area contributed by atoms with Gasteiger partial charge in [-0.25, -0.2) is 22.4 Å². The summed E-state index contributed by atoms with van der Waals surface area (Å²) in [5.41, 5.74) is 2.27. The van der Waals surface area contributed by atoms with Gasteiger partial charge < -0.3 is 26.4 Å². The molecule has 40 heavy (non-hydrogen) atoms. The Kier molecular flexibility index (Phi) is 13.4. The van der Waals surface area contributed by atoms with Crippen molar-refractivity contribution in [3.63, 3.8) is 0 Å². The second-order valence-electron chi connectivity index (χ2n) is 9.91. The molecule has 0 saturated carbocycles. The number of alkyl halides is 2. The number of aliphatic hydroxyl groups excluding tert-OH is 1. The Morgan fingerprint density at radius 1 is 0.975 bits per heavy atom. The van der Waals surface area contributed by atoms with Crippen molar-refractivity contribution in [2.45, 2.75) is 83.0 Å². The van der Waals surface area contributed by atoms with Gasteiger partial charge in [0.05, 0.1) is 12.1 Å². The normalized spacial score (nSPS) is 13.8. The molecule has 222 valence electrons. The molecule has 2 rings (SSSR count). The number of hydrogen-bond acceptors (Lipinski definition) is 4. The minimum absolute atomic E-state index is 0.0146. The summed E-state index contributed by atoms with van der Waals surface area (Å²) in [6.07, 6.45) is -1.23. The van der Waals surface area contributed by atoms with Crippen LogP contribution in [0.3, 0.4) is 0 Å². The first-order valence-electron chi connectivity index (χ1n) is 13.5. The third-order valence-electron chi connectivity index (χ3n) is 6.50. The molecule has 0 spiro atoms. The van der Waals surface area contributed by atoms with Crippen molar-refractivity contribution < 1.29 is 32.3 Å². The van der Waals surface area contributed by atoms with E-state index in [9.17, 15) is 32.3 Å². The van der Waals surface area contributed by atoms with Gasteiger partial charge in [0.2, 0.25) is 5.91 Å². The highest BCUT2D eigenvalue weighted by Crippen LogP contribution is 2.27. The van der Waals surface area contributed by atoms with Crippen molar-refractivity contribution in [1.82, 2.24) is 21.3 Å². The predicted octanol–water partition coefficient (Wildman–Crippen LogP) is 4.22. The summed E-state index contributed by atoms with van der Waals surface area (Å²) < 4.78 is 56.9. The van der Waals surface area contributed by atoms with Gasteiger partial charge in [0.1, 0.15) is 17.7 Å². The standard InChI is InChI=1S/C29H40F4N4O3/c1-4-6-10-29(32,33)16-25(37-28(40)34-3)27(39)36-24(14-21-12-22(30)15-23(31)13-21)26(38)18-35-17-20-9-7-8-19(5-2)11-20/h7-9,11-13,15,24-26,35,38H,4-6,10,14,16-18H2,1-3H3,(H,36,39)(H2,34,37,40)/t24-,25+,26+/m0/s1. The largest absolute Gasteiger partial charge is 0.390 e. The fourth-order valence-electron chi connectivity index (χ4n) is 4.29. The Hall–Kier alpha value is -3.18. The fourth-order valence-corrected chi connectivity index (χ4v) is 4.29. The van der Waals surface area contributed by atoms with E-state index >= 15 is 0 Å². The minimum atomic E-state index is -3.23. The molecule has 2 aromatic rings. The topological polar surface area (TPSA) is 102 Å². The van der Waals surface area contributed by atoms with Gasteiger partial charge in [-0.15, -0.1) is 0 Å². The molecule has 0 aliphatic heterocycles. The van der Waals surface area contributed by atoms with Gasteiger partial charge in [0.15, 0.2) is 0 Å². The zero-order valence-corrected chi connectivity index (χ0v) is 23.2. The van der Waals surface area contributed by atoms with Crippen LogP contribution in [0.15, 0.2) is 42.5 Å². The zero-order valence-electron chi connectivity index (χ0n) is 23.2. The van der Waals surface area contributed by atoms with Gasteiger partial charge in [-0.05, 0) is 48.1 Å². The molecule has 3 atom stereocenters. The molecule has 0 unspecified atom stereocenters. The first-order valence-corrected chi connectivity index (χ1v) is 13.5. The highest BCUT2D eigenvalue weighted by atomic mass is 19.3. The Morgan fingerprint density at radius 3 is 2.27 bits per heavy atom. The lowest BCUT2D eigenvalue weighted by molar-refractivity contribution is -0.127. The molecule has 0 bridgehead atoms. The first-order chi connectivity index (χ1) is 19.0. The molecule has 0 saturated heterocycles. The van der Waals surface area contributed by atoms with E-state index in [-0.39, 0.29) is 24.9 Å². The predicted molar refractivity (Wildman–Crippen MR) is 146 cm³/mol. The minimum Gasteiger partial charge on any atom is -0.390 e. The summed E-state index contributed by atoms with van der Waals surface area (Å²) in [5, 5.41) is 21.1. The van der Waals surface area contributed by atoms with Crippen molar-refractivity contribution in [1.29, 1.82) is 0 Å². The maximum atomic E-state index is 14.6. The molecule has 3 amide bonds. The van der Waals surface area contributed by atoms with Crippen LogP contribution in [-0.4, -0.2) is 54.7 Å². The fraction of sp³-hybridized carbons (Fsp3) is 0.517. The molecule has 0 radical (unpaired) electrons. The summed E-state index contributed by atoms with van der Waals surface area (Å²) in [6.45, 7) is 4.19. The maximum Gasteiger partial charge on any atom is 0.315 e. The van der Waals surface area contributed by atoms with E-state index in [1.165, 1.54) is 7.05 Å². The summed E-state index contributed by atoms with van der Waals surface area (Å²) in [6, 6.07) is 7.13. The lowest BCUT2D eigenvalue weighted by Gasteiger charge is -2.29. The van der Waals surface area contributed by atoms with Crippen LogP contribution in [-0.2, 0) is 24.2 Å². The number of nitrogens with one attached hydrogen (secondary N) is 4. The van der Waals surface area contributed by atoms with E-state index in [4.69, 9.17) is 0 Å². The van der Waals surface area contributed by atoms with Crippen LogP contribution in [0.5, 0.6) is 0 Å². The molecular weight excluding hydrogens is 528 g/mol. The molecule has 5 N–H and O–H groups in total. The first kappa shape index (κ1) is 33.0. The molecule has 2 aromatic carbocycles. The highest BCUT2D eigenvalue weighted by Gasteiger charge is 2.37. The molecule has 0 aliphatic carbocycles. The smallest absolute Gasteiger partial charge is 0.315 e. The second kappa shape index (κ2) is 16.2. The van der Waals surface area contributed by atoms with Gasteiger partial charge in [0, 0.05) is 39.0 Å². The van der Waals surface area contributed by atoms with Crippen LogP contribution in [0.2, 0.25) is 0 Å². The Labute approximate surface area is 233 Å². The summed E-state index contributed by atoms with van der Waals surface area (Å²) in [7, 11) is 1.28. The van der Waals surface area contributed by atoms with Gasteiger partial charge in [-0.2, -0.15) is 0 Å². The number of amides is 3. The second-order valence-corrected chi connectivity index (χ2v) is 9.91. The van der Waals surface area contributed by atoms with Crippen LogP contribution in [0.25, 0.3) is 0 Å². The third kappa shape index (κ3) is 11.5. The number of halogens is 4. The quantitative estimate of drug-likeness (QED) is 0.196. The monoisotopic (exact) mass is 568 g/mol. The van der Waals surface area contributed by atoms with Crippen LogP contribution < -0.4 is 21.3 Å². The lowest BCUT2D eigenvalue weighted by Crippen LogP contribution is -2.56. The highest BCUT2D eigenvalue weighted by molar-refractivity contribution is 5.87. The van der Waals surface area contributed by atoms with E-state index in [1.54, 1.807) is 6.92 Å². The van der Waals surface area contributed by atoms with E-state index in [0.29, 0.717) is 19.0 Å². The zero-order chi connectivity index (χ0) is 29.7. The van der Waals surface area contributed by atoms with Crippen molar-refractivity contribution in [2.24, 2.45) is 0 Å². The molecule has 11 heteroatoms. The van der Waals surface area contributed by atoms with Gasteiger partial charge in [-0.3, -0.25) is 4.79 Å². The lowest BCUT2D eigenvalue weighted by atomic mass is 9.98. The Bertz CT molecular complexity index is 1080. The molecule has 7 nitrogen and oxygen atoms in total. The van der Waals surface area contributed by atoms with Crippen molar-refractivity contribution >= 4 is 11.9 Å². The van der Waals surface area contributed by atoms with Crippen LogP contribution >= 0.6 is 0 Å². The molecular formula is C29H40F4N4O3. The van der Waals surface area contributed by atoms with Crippen molar-refractivity contribution in [2.75, 3.05) is 13.6 Å². The summed E-state index contributed by atoms with van der Waals surface area (Å²) in [5.74, 6) is -5.85. The van der Waals surface area contributed by atoms with E-state index < -0.39 is 60.5 Å². The number of aryl methyl sites for hydroxylation is 1.